The lowest BCUT2D eigenvalue weighted by Gasteiger charge is -2.11. The number of methoxy groups -OCH3 is 1. The summed E-state index contributed by atoms with van der Waals surface area (Å²) in [5.74, 6) is -0.478. The third-order valence-electron chi connectivity index (χ3n) is 2.40. The Bertz CT molecular complexity index is 443. The second-order valence-electron chi connectivity index (χ2n) is 3.44. The minimum Gasteiger partial charge on any atom is -0.465 e. The summed E-state index contributed by atoms with van der Waals surface area (Å²) < 4.78 is 4.68. The summed E-state index contributed by atoms with van der Waals surface area (Å²) in [7, 11) is 1.33. The van der Waals surface area contributed by atoms with Crippen LogP contribution in [0.5, 0.6) is 0 Å². The first-order valence-corrected chi connectivity index (χ1v) is 4.97. The van der Waals surface area contributed by atoms with E-state index < -0.39 is 5.97 Å². The van der Waals surface area contributed by atoms with Crippen LogP contribution in [-0.4, -0.2) is 25.5 Å². The molecule has 2 rings (SSSR count). The van der Waals surface area contributed by atoms with E-state index >= 15 is 0 Å². The zero-order chi connectivity index (χ0) is 11.5. The topological polar surface area (TPSA) is 67.4 Å². The number of fused-ring (bicyclic) bond motifs is 1. The maximum Gasteiger partial charge on any atom is 0.340 e. The third-order valence-corrected chi connectivity index (χ3v) is 2.40. The minimum atomic E-state index is -0.416. The first-order valence-electron chi connectivity index (χ1n) is 4.97. The number of rotatable bonds is 1. The van der Waals surface area contributed by atoms with E-state index in [1.165, 1.54) is 7.11 Å². The van der Waals surface area contributed by atoms with Crippen LogP contribution in [0.15, 0.2) is 18.2 Å². The molecule has 0 aliphatic carbocycles. The predicted octanol–water partition coefficient (Wildman–Crippen LogP) is 1.23. The molecule has 16 heavy (non-hydrogen) atoms. The Morgan fingerprint density at radius 2 is 2.25 bits per heavy atom. The molecule has 0 bridgehead atoms. The van der Waals surface area contributed by atoms with Gasteiger partial charge in [-0.3, -0.25) is 4.79 Å². The molecule has 1 aromatic carbocycles. The molecule has 1 heterocycles. The molecular weight excluding hydrogens is 208 g/mol. The van der Waals surface area contributed by atoms with Crippen molar-refractivity contribution in [2.45, 2.75) is 6.42 Å². The molecule has 0 unspecified atom stereocenters. The van der Waals surface area contributed by atoms with Crippen molar-refractivity contribution in [1.29, 1.82) is 0 Å². The Hall–Kier alpha value is -2.04. The molecule has 1 aliphatic rings. The van der Waals surface area contributed by atoms with Crippen molar-refractivity contribution in [3.05, 3.63) is 23.8 Å². The van der Waals surface area contributed by atoms with Gasteiger partial charge in [-0.1, -0.05) is 6.07 Å². The monoisotopic (exact) mass is 220 g/mol. The van der Waals surface area contributed by atoms with Crippen LogP contribution in [0.2, 0.25) is 0 Å². The smallest absolute Gasteiger partial charge is 0.340 e. The largest absolute Gasteiger partial charge is 0.465 e. The number of hydrogen-bond acceptors (Lipinski definition) is 4. The number of carbonyl (C=O) groups excluding carboxylic acids is 2. The molecule has 0 aromatic heterocycles. The molecule has 0 saturated heterocycles. The van der Waals surface area contributed by atoms with Gasteiger partial charge in [0.1, 0.15) is 0 Å². The average Bonchev–Trinajstić information content (AvgIpc) is 2.48. The number of nitrogens with one attached hydrogen (secondary N) is 2. The van der Waals surface area contributed by atoms with Gasteiger partial charge in [0.25, 0.3) is 0 Å². The van der Waals surface area contributed by atoms with Gasteiger partial charge in [-0.05, 0) is 12.1 Å². The van der Waals surface area contributed by atoms with Gasteiger partial charge in [0, 0.05) is 13.0 Å². The second kappa shape index (κ2) is 4.22. The number of hydrogen-bond donors (Lipinski definition) is 2. The highest BCUT2D eigenvalue weighted by Gasteiger charge is 2.18. The number of anilines is 2. The van der Waals surface area contributed by atoms with E-state index in [1.54, 1.807) is 18.2 Å². The molecule has 0 saturated carbocycles. The van der Waals surface area contributed by atoms with Crippen molar-refractivity contribution in [2.24, 2.45) is 0 Å². The van der Waals surface area contributed by atoms with Gasteiger partial charge in [-0.25, -0.2) is 4.79 Å². The van der Waals surface area contributed by atoms with Crippen LogP contribution in [0.4, 0.5) is 11.4 Å². The average molecular weight is 220 g/mol. The first kappa shape index (κ1) is 10.5. The molecule has 0 spiro atoms. The lowest BCUT2D eigenvalue weighted by Crippen LogP contribution is -2.10. The molecule has 0 fully saturated rings. The fraction of sp³-hybridized carbons (Fsp3) is 0.273. The molecule has 84 valence electrons. The van der Waals surface area contributed by atoms with E-state index in [2.05, 4.69) is 15.4 Å². The lowest BCUT2D eigenvalue weighted by atomic mass is 10.1. The summed E-state index contributed by atoms with van der Waals surface area (Å²) in [6, 6.07) is 5.12. The van der Waals surface area contributed by atoms with Gasteiger partial charge in [0.15, 0.2) is 0 Å². The van der Waals surface area contributed by atoms with Crippen LogP contribution >= 0.6 is 0 Å². The van der Waals surface area contributed by atoms with Gasteiger partial charge in [0.05, 0.1) is 24.0 Å². The van der Waals surface area contributed by atoms with Crippen LogP contribution in [0.1, 0.15) is 16.8 Å². The van der Waals surface area contributed by atoms with Crippen LogP contribution < -0.4 is 10.6 Å². The normalized spacial score (nSPS) is 14.2. The van der Waals surface area contributed by atoms with Gasteiger partial charge in [0.2, 0.25) is 5.91 Å². The summed E-state index contributed by atoms with van der Waals surface area (Å²) >= 11 is 0. The van der Waals surface area contributed by atoms with E-state index in [-0.39, 0.29) is 5.91 Å². The Balaban J connectivity index is 2.46. The summed E-state index contributed by atoms with van der Waals surface area (Å²) in [6.07, 6.45) is 0.384. The summed E-state index contributed by atoms with van der Waals surface area (Å²) in [4.78, 5) is 22.8. The Morgan fingerprint density at radius 3 is 3.00 bits per heavy atom. The highest BCUT2D eigenvalue weighted by Crippen LogP contribution is 2.28. The van der Waals surface area contributed by atoms with Crippen LogP contribution in [0.3, 0.4) is 0 Å². The Labute approximate surface area is 92.8 Å². The highest BCUT2D eigenvalue weighted by molar-refractivity contribution is 6.03. The number of para-hydroxylation sites is 1. The quantitative estimate of drug-likeness (QED) is 0.698. The molecule has 0 radical (unpaired) electrons. The minimum absolute atomic E-state index is 0.0618. The summed E-state index contributed by atoms with van der Waals surface area (Å²) in [5, 5.41) is 5.79. The van der Waals surface area contributed by atoms with Gasteiger partial charge < -0.3 is 15.4 Å². The van der Waals surface area contributed by atoms with Gasteiger partial charge in [-0.2, -0.15) is 0 Å². The third kappa shape index (κ3) is 1.84. The Morgan fingerprint density at radius 1 is 1.44 bits per heavy atom. The van der Waals surface area contributed by atoms with Crippen LogP contribution in [0.25, 0.3) is 0 Å². The van der Waals surface area contributed by atoms with Gasteiger partial charge in [-0.15, -0.1) is 0 Å². The predicted molar refractivity (Wildman–Crippen MR) is 59.5 cm³/mol. The SMILES string of the molecule is COC(=O)c1cccc2c1NCCC(=O)N2. The molecule has 1 aliphatic heterocycles. The first-order chi connectivity index (χ1) is 7.72. The number of ether oxygens (including phenoxy) is 1. The molecule has 0 atom stereocenters. The van der Waals surface area contributed by atoms with Crippen molar-refractivity contribution in [2.75, 3.05) is 24.3 Å². The van der Waals surface area contributed by atoms with E-state index in [0.717, 1.165) is 0 Å². The van der Waals surface area contributed by atoms with Crippen LogP contribution in [-0.2, 0) is 9.53 Å². The Kier molecular flexibility index (Phi) is 2.76. The van der Waals surface area contributed by atoms with Gasteiger partial charge >= 0.3 is 5.97 Å². The van der Waals surface area contributed by atoms with Crippen molar-refractivity contribution in [3.63, 3.8) is 0 Å². The van der Waals surface area contributed by atoms with E-state index in [9.17, 15) is 9.59 Å². The number of benzene rings is 1. The summed E-state index contributed by atoms with van der Waals surface area (Å²) in [5.41, 5.74) is 1.67. The van der Waals surface area contributed by atoms with E-state index in [1.807, 2.05) is 0 Å². The zero-order valence-corrected chi connectivity index (χ0v) is 8.87. The lowest BCUT2D eigenvalue weighted by molar-refractivity contribution is -0.115. The maximum atomic E-state index is 11.5. The molecule has 1 amide bonds. The second-order valence-corrected chi connectivity index (χ2v) is 3.44. The summed E-state index contributed by atoms with van der Waals surface area (Å²) in [6.45, 7) is 0.507. The number of amides is 1. The maximum absolute atomic E-state index is 11.5. The van der Waals surface area contributed by atoms with E-state index in [0.29, 0.717) is 29.9 Å². The molecular formula is C11H12N2O3. The molecule has 1 aromatic rings. The molecule has 2 N–H and O–H groups in total. The number of esters is 1. The standard InChI is InChI=1S/C11H12N2O3/c1-16-11(15)7-3-2-4-8-10(7)12-6-5-9(14)13-8/h2-4,12H,5-6H2,1H3,(H,13,14). The van der Waals surface area contributed by atoms with Crippen molar-refractivity contribution < 1.29 is 14.3 Å². The zero-order valence-electron chi connectivity index (χ0n) is 8.87. The molecule has 5 nitrogen and oxygen atoms in total. The highest BCUT2D eigenvalue weighted by atomic mass is 16.5. The van der Waals surface area contributed by atoms with Crippen molar-refractivity contribution in [1.82, 2.24) is 0 Å². The van der Waals surface area contributed by atoms with E-state index in [4.69, 9.17) is 0 Å². The fourth-order valence-corrected chi connectivity index (χ4v) is 1.64. The molecule has 5 heteroatoms. The van der Waals surface area contributed by atoms with Crippen molar-refractivity contribution in [3.8, 4) is 0 Å². The van der Waals surface area contributed by atoms with Crippen molar-refractivity contribution >= 4 is 23.3 Å². The van der Waals surface area contributed by atoms with Crippen LogP contribution in [0, 0.1) is 0 Å². The fourth-order valence-electron chi connectivity index (χ4n) is 1.64. The number of carbonyl (C=O) groups is 2.